The van der Waals surface area contributed by atoms with Crippen LogP contribution in [0.1, 0.15) is 25.8 Å². The number of nitrogens with one attached hydrogen (secondary N) is 1. The van der Waals surface area contributed by atoms with Gasteiger partial charge in [-0.25, -0.2) is 0 Å². The third-order valence-electron chi connectivity index (χ3n) is 2.87. The summed E-state index contributed by atoms with van der Waals surface area (Å²) in [6.07, 6.45) is 0. The average Bonchev–Trinajstić information content (AvgIpc) is 2.92. The van der Waals surface area contributed by atoms with Crippen molar-refractivity contribution in [2.75, 3.05) is 14.2 Å². The molecule has 0 radical (unpaired) electrons. The van der Waals surface area contributed by atoms with Gasteiger partial charge in [0.25, 0.3) is 0 Å². The van der Waals surface area contributed by atoms with Gasteiger partial charge in [0.05, 0.1) is 20.8 Å². The molecule has 2 rings (SSSR count). The van der Waals surface area contributed by atoms with Gasteiger partial charge in [-0.3, -0.25) is 0 Å². The first-order valence-electron chi connectivity index (χ1n) is 6.73. The number of aromatic nitrogens is 2. The summed E-state index contributed by atoms with van der Waals surface area (Å²) in [6.45, 7) is 7.10. The number of benzene rings is 1. The summed E-state index contributed by atoms with van der Waals surface area (Å²) >= 11 is 1.58. The Morgan fingerprint density at radius 3 is 2.43 bits per heavy atom. The van der Waals surface area contributed by atoms with Gasteiger partial charge in [0.2, 0.25) is 0 Å². The molecule has 2 aromatic rings. The molecule has 1 heterocycles. The second-order valence-corrected chi connectivity index (χ2v) is 6.74. The van der Waals surface area contributed by atoms with Crippen LogP contribution in [-0.2, 0) is 6.54 Å². The molecule has 0 atom stereocenters. The standard InChI is InChI=1S/C15H21N3O2S/c1-15(2,3)16-9-13-17-18-14(21-13)10-6-7-11(19-4)12(8-10)20-5/h6-8,16H,9H2,1-5H3. The first kappa shape index (κ1) is 15.7. The monoisotopic (exact) mass is 307 g/mol. The Balaban J connectivity index is 2.17. The summed E-state index contributed by atoms with van der Waals surface area (Å²) in [6, 6.07) is 5.76. The molecule has 0 saturated carbocycles. The zero-order chi connectivity index (χ0) is 15.5. The number of hydrogen-bond acceptors (Lipinski definition) is 6. The van der Waals surface area contributed by atoms with E-state index >= 15 is 0 Å². The number of ether oxygens (including phenoxy) is 2. The molecular formula is C15H21N3O2S. The van der Waals surface area contributed by atoms with Gasteiger partial charge in [0, 0.05) is 11.1 Å². The second kappa shape index (κ2) is 6.41. The van der Waals surface area contributed by atoms with Gasteiger partial charge in [0.15, 0.2) is 11.5 Å². The van der Waals surface area contributed by atoms with Crippen molar-refractivity contribution in [1.82, 2.24) is 15.5 Å². The van der Waals surface area contributed by atoms with Crippen LogP contribution in [0.4, 0.5) is 0 Å². The van der Waals surface area contributed by atoms with E-state index in [-0.39, 0.29) is 5.54 Å². The van der Waals surface area contributed by atoms with E-state index in [2.05, 4.69) is 36.3 Å². The normalized spacial score (nSPS) is 11.5. The minimum Gasteiger partial charge on any atom is -0.493 e. The summed E-state index contributed by atoms with van der Waals surface area (Å²) in [5, 5.41) is 13.7. The first-order chi connectivity index (χ1) is 9.93. The Morgan fingerprint density at radius 1 is 1.10 bits per heavy atom. The van der Waals surface area contributed by atoms with Crippen LogP contribution in [0.2, 0.25) is 0 Å². The highest BCUT2D eigenvalue weighted by molar-refractivity contribution is 7.14. The molecule has 0 aliphatic carbocycles. The van der Waals surface area contributed by atoms with Gasteiger partial charge < -0.3 is 14.8 Å². The highest BCUT2D eigenvalue weighted by atomic mass is 32.1. The maximum absolute atomic E-state index is 5.32. The molecule has 0 amide bonds. The van der Waals surface area contributed by atoms with Gasteiger partial charge in [-0.1, -0.05) is 11.3 Å². The predicted molar refractivity (Wildman–Crippen MR) is 85.0 cm³/mol. The van der Waals surface area contributed by atoms with Crippen LogP contribution in [0.3, 0.4) is 0 Å². The number of nitrogens with zero attached hydrogens (tertiary/aromatic N) is 2. The lowest BCUT2D eigenvalue weighted by Gasteiger charge is -2.19. The Hall–Kier alpha value is -1.66. The molecule has 0 spiro atoms. The van der Waals surface area contributed by atoms with Crippen molar-refractivity contribution in [3.63, 3.8) is 0 Å². The molecule has 5 nitrogen and oxygen atoms in total. The average molecular weight is 307 g/mol. The van der Waals surface area contributed by atoms with E-state index in [4.69, 9.17) is 9.47 Å². The fourth-order valence-electron chi connectivity index (χ4n) is 1.75. The highest BCUT2D eigenvalue weighted by Crippen LogP contribution is 2.33. The fraction of sp³-hybridized carbons (Fsp3) is 0.467. The van der Waals surface area contributed by atoms with Crippen molar-refractivity contribution in [2.24, 2.45) is 0 Å². The van der Waals surface area contributed by atoms with Crippen molar-refractivity contribution in [3.8, 4) is 22.1 Å². The van der Waals surface area contributed by atoms with Crippen molar-refractivity contribution in [1.29, 1.82) is 0 Å². The van der Waals surface area contributed by atoms with Crippen LogP contribution >= 0.6 is 11.3 Å². The van der Waals surface area contributed by atoms with E-state index in [9.17, 15) is 0 Å². The third-order valence-corrected chi connectivity index (χ3v) is 3.84. The minimum absolute atomic E-state index is 0.0646. The smallest absolute Gasteiger partial charge is 0.161 e. The van der Waals surface area contributed by atoms with Crippen molar-refractivity contribution in [3.05, 3.63) is 23.2 Å². The molecule has 0 aliphatic heterocycles. The van der Waals surface area contributed by atoms with E-state index in [0.717, 1.165) is 15.6 Å². The molecule has 1 aromatic carbocycles. The fourth-order valence-corrected chi connectivity index (χ4v) is 2.53. The van der Waals surface area contributed by atoms with Crippen LogP contribution in [0, 0.1) is 0 Å². The first-order valence-corrected chi connectivity index (χ1v) is 7.54. The van der Waals surface area contributed by atoms with Gasteiger partial charge >= 0.3 is 0 Å². The van der Waals surface area contributed by atoms with Crippen LogP contribution in [0.15, 0.2) is 18.2 Å². The van der Waals surface area contributed by atoms with Gasteiger partial charge in [-0.15, -0.1) is 10.2 Å². The topological polar surface area (TPSA) is 56.3 Å². The van der Waals surface area contributed by atoms with Gasteiger partial charge in [-0.05, 0) is 39.0 Å². The van der Waals surface area contributed by atoms with Crippen LogP contribution in [0.5, 0.6) is 11.5 Å². The van der Waals surface area contributed by atoms with Crippen LogP contribution < -0.4 is 14.8 Å². The highest BCUT2D eigenvalue weighted by Gasteiger charge is 2.13. The van der Waals surface area contributed by atoms with Crippen LogP contribution in [0.25, 0.3) is 10.6 Å². The molecule has 0 bridgehead atoms. The number of rotatable bonds is 5. The Kier molecular flexibility index (Phi) is 4.80. The molecule has 0 unspecified atom stereocenters. The quantitative estimate of drug-likeness (QED) is 0.920. The van der Waals surface area contributed by atoms with Crippen molar-refractivity contribution in [2.45, 2.75) is 32.9 Å². The molecule has 0 aliphatic rings. The maximum atomic E-state index is 5.32. The predicted octanol–water partition coefficient (Wildman–Crippen LogP) is 3.11. The van der Waals surface area contributed by atoms with Gasteiger partial charge in [0.1, 0.15) is 10.0 Å². The lowest BCUT2D eigenvalue weighted by atomic mass is 10.1. The Bertz CT molecular complexity index is 605. The zero-order valence-corrected chi connectivity index (χ0v) is 13.9. The van der Waals surface area contributed by atoms with E-state index < -0.39 is 0 Å². The zero-order valence-electron chi connectivity index (χ0n) is 13.1. The summed E-state index contributed by atoms with van der Waals surface area (Å²) in [5.74, 6) is 1.40. The molecule has 114 valence electrons. The van der Waals surface area contributed by atoms with Crippen LogP contribution in [-0.4, -0.2) is 30.0 Å². The lowest BCUT2D eigenvalue weighted by molar-refractivity contribution is 0.355. The number of hydrogen-bond donors (Lipinski definition) is 1. The van der Waals surface area contributed by atoms with E-state index in [1.807, 2.05) is 18.2 Å². The Labute approximate surface area is 129 Å². The molecule has 1 N–H and O–H groups in total. The summed E-state index contributed by atoms with van der Waals surface area (Å²) in [5.41, 5.74) is 1.04. The molecule has 1 aromatic heterocycles. The lowest BCUT2D eigenvalue weighted by Crippen LogP contribution is -2.35. The summed E-state index contributed by atoms with van der Waals surface area (Å²) in [7, 11) is 3.25. The van der Waals surface area contributed by atoms with Crippen molar-refractivity contribution >= 4 is 11.3 Å². The second-order valence-electron chi connectivity index (χ2n) is 5.67. The molecule has 0 saturated heterocycles. The SMILES string of the molecule is COc1ccc(-c2nnc(CNC(C)(C)C)s2)cc1OC. The largest absolute Gasteiger partial charge is 0.493 e. The Morgan fingerprint density at radius 2 is 1.81 bits per heavy atom. The van der Waals surface area contributed by atoms with E-state index in [1.54, 1.807) is 25.6 Å². The van der Waals surface area contributed by atoms with E-state index in [1.165, 1.54) is 0 Å². The maximum Gasteiger partial charge on any atom is 0.161 e. The molecule has 21 heavy (non-hydrogen) atoms. The molecule has 6 heteroatoms. The minimum atomic E-state index is 0.0646. The van der Waals surface area contributed by atoms with Crippen molar-refractivity contribution < 1.29 is 9.47 Å². The summed E-state index contributed by atoms with van der Waals surface area (Å²) in [4.78, 5) is 0. The molecule has 0 fully saturated rings. The van der Waals surface area contributed by atoms with E-state index in [0.29, 0.717) is 18.0 Å². The molecular weight excluding hydrogens is 286 g/mol. The third kappa shape index (κ3) is 4.15. The van der Waals surface area contributed by atoms with Gasteiger partial charge in [-0.2, -0.15) is 0 Å². The number of methoxy groups -OCH3 is 2. The summed E-state index contributed by atoms with van der Waals surface area (Å²) < 4.78 is 10.6.